The monoisotopic (exact) mass is 347 g/mol. The summed E-state index contributed by atoms with van der Waals surface area (Å²) >= 11 is 1.57. The van der Waals surface area contributed by atoms with Crippen molar-refractivity contribution in [2.45, 2.75) is 46.6 Å². The van der Waals surface area contributed by atoms with E-state index in [0.717, 1.165) is 24.1 Å². The molecule has 5 heteroatoms. The number of rotatable bonds is 8. The number of hydrogen-bond acceptors (Lipinski definition) is 4. The third-order valence-corrected chi connectivity index (χ3v) is 5.00. The lowest BCUT2D eigenvalue weighted by atomic mass is 10.1. The van der Waals surface area contributed by atoms with Gasteiger partial charge in [-0.2, -0.15) is 0 Å². The summed E-state index contributed by atoms with van der Waals surface area (Å²) in [7, 11) is 0. The number of aliphatic hydroxyl groups is 1. The van der Waals surface area contributed by atoms with Gasteiger partial charge in [-0.25, -0.2) is 0 Å². The molecule has 2 aromatic rings. The average Bonchev–Trinajstić information content (AvgIpc) is 3.00. The van der Waals surface area contributed by atoms with Gasteiger partial charge in [0, 0.05) is 16.1 Å². The van der Waals surface area contributed by atoms with Crippen molar-refractivity contribution in [2.75, 3.05) is 11.9 Å². The Labute approximate surface area is 147 Å². The molecule has 0 atom stereocenters. The lowest BCUT2D eigenvalue weighted by Crippen LogP contribution is -2.10. The van der Waals surface area contributed by atoms with Crippen LogP contribution < -0.4 is 10.1 Å². The molecule has 1 heterocycles. The number of aryl methyl sites for hydroxylation is 2. The molecule has 0 aliphatic rings. The molecule has 130 valence electrons. The Bertz CT molecular complexity index is 694. The van der Waals surface area contributed by atoms with Gasteiger partial charge >= 0.3 is 0 Å². The van der Waals surface area contributed by atoms with Gasteiger partial charge in [-0.15, -0.1) is 11.3 Å². The van der Waals surface area contributed by atoms with E-state index in [1.807, 2.05) is 13.0 Å². The first-order valence-corrected chi connectivity index (χ1v) is 9.24. The van der Waals surface area contributed by atoms with Gasteiger partial charge in [0.25, 0.3) is 5.91 Å². The molecule has 0 bridgehead atoms. The summed E-state index contributed by atoms with van der Waals surface area (Å²) in [6.07, 6.45) is 3.03. The van der Waals surface area contributed by atoms with Crippen LogP contribution in [-0.2, 0) is 19.4 Å². The van der Waals surface area contributed by atoms with Crippen molar-refractivity contribution in [1.82, 2.24) is 0 Å². The van der Waals surface area contributed by atoms with Crippen LogP contribution in [0.3, 0.4) is 0 Å². The fourth-order valence-electron chi connectivity index (χ4n) is 2.59. The smallest absolute Gasteiger partial charge is 0.265 e. The normalized spacial score (nSPS) is 10.7. The molecule has 1 aromatic heterocycles. The van der Waals surface area contributed by atoms with Crippen molar-refractivity contribution < 1.29 is 14.6 Å². The Morgan fingerprint density at radius 1 is 1.21 bits per heavy atom. The van der Waals surface area contributed by atoms with Gasteiger partial charge in [-0.05, 0) is 49.6 Å². The third kappa shape index (κ3) is 4.36. The molecule has 24 heavy (non-hydrogen) atoms. The van der Waals surface area contributed by atoms with Crippen molar-refractivity contribution in [3.8, 4) is 5.75 Å². The Morgan fingerprint density at radius 2 is 2.00 bits per heavy atom. The molecule has 1 aromatic carbocycles. The van der Waals surface area contributed by atoms with E-state index in [9.17, 15) is 9.90 Å². The van der Waals surface area contributed by atoms with Gasteiger partial charge < -0.3 is 15.2 Å². The van der Waals surface area contributed by atoms with Gasteiger partial charge in [0.05, 0.1) is 18.1 Å². The maximum Gasteiger partial charge on any atom is 0.265 e. The summed E-state index contributed by atoms with van der Waals surface area (Å²) < 4.78 is 5.46. The molecule has 2 rings (SSSR count). The van der Waals surface area contributed by atoms with Crippen molar-refractivity contribution in [1.29, 1.82) is 0 Å². The summed E-state index contributed by atoms with van der Waals surface area (Å²) in [5, 5.41) is 12.4. The number of carbonyl (C=O) groups is 1. The second kappa shape index (κ2) is 8.85. The zero-order chi connectivity index (χ0) is 17.5. The SMILES string of the molecule is CCCc1sc(C(=O)Nc2ccc(OCC)c(CO)c2)cc1CC. The maximum atomic E-state index is 12.5. The maximum absolute atomic E-state index is 12.5. The Hall–Kier alpha value is -1.85. The number of aliphatic hydroxyl groups excluding tert-OH is 1. The zero-order valence-electron chi connectivity index (χ0n) is 14.5. The minimum atomic E-state index is -0.126. The van der Waals surface area contributed by atoms with E-state index in [2.05, 4.69) is 19.2 Å². The highest BCUT2D eigenvalue weighted by molar-refractivity contribution is 7.14. The molecule has 0 saturated carbocycles. The minimum absolute atomic E-state index is 0.106. The number of amides is 1. The van der Waals surface area contributed by atoms with Crippen molar-refractivity contribution in [3.63, 3.8) is 0 Å². The molecule has 0 aliphatic carbocycles. The third-order valence-electron chi connectivity index (χ3n) is 3.77. The fourth-order valence-corrected chi connectivity index (χ4v) is 3.84. The molecule has 1 amide bonds. The van der Waals surface area contributed by atoms with Gasteiger partial charge in [-0.1, -0.05) is 20.3 Å². The fraction of sp³-hybridized carbons (Fsp3) is 0.421. The number of anilines is 1. The van der Waals surface area contributed by atoms with Crippen molar-refractivity contribution >= 4 is 22.9 Å². The number of carbonyl (C=O) groups excluding carboxylic acids is 1. The molecule has 0 saturated heterocycles. The van der Waals surface area contributed by atoms with Gasteiger partial charge in [-0.3, -0.25) is 4.79 Å². The van der Waals surface area contributed by atoms with Crippen LogP contribution in [0.1, 0.15) is 52.9 Å². The molecule has 2 N–H and O–H groups in total. The highest BCUT2D eigenvalue weighted by atomic mass is 32.1. The first kappa shape index (κ1) is 18.5. The van der Waals surface area contributed by atoms with E-state index in [0.29, 0.717) is 23.6 Å². The van der Waals surface area contributed by atoms with Crippen LogP contribution in [0, 0.1) is 0 Å². The molecular formula is C19H25NO3S. The van der Waals surface area contributed by atoms with Crippen LogP contribution in [0.4, 0.5) is 5.69 Å². The van der Waals surface area contributed by atoms with Crippen molar-refractivity contribution in [2.24, 2.45) is 0 Å². The predicted molar refractivity (Wildman–Crippen MR) is 99.2 cm³/mol. The predicted octanol–water partition coefficient (Wildman–Crippen LogP) is 4.41. The topological polar surface area (TPSA) is 58.6 Å². The zero-order valence-corrected chi connectivity index (χ0v) is 15.3. The second-order valence-electron chi connectivity index (χ2n) is 5.53. The molecule has 0 spiro atoms. The van der Waals surface area contributed by atoms with E-state index in [-0.39, 0.29) is 12.5 Å². The van der Waals surface area contributed by atoms with E-state index >= 15 is 0 Å². The van der Waals surface area contributed by atoms with Gasteiger partial charge in [0.2, 0.25) is 0 Å². The quantitative estimate of drug-likeness (QED) is 0.744. The van der Waals surface area contributed by atoms with E-state index in [1.165, 1.54) is 10.4 Å². The largest absolute Gasteiger partial charge is 0.494 e. The lowest BCUT2D eigenvalue weighted by molar-refractivity contribution is 0.103. The second-order valence-corrected chi connectivity index (χ2v) is 6.67. The molecule has 0 aliphatic heterocycles. The Balaban J connectivity index is 2.17. The van der Waals surface area contributed by atoms with E-state index < -0.39 is 0 Å². The van der Waals surface area contributed by atoms with Crippen LogP contribution in [0.2, 0.25) is 0 Å². The van der Waals surface area contributed by atoms with Gasteiger partial charge in [0.1, 0.15) is 5.75 Å². The lowest BCUT2D eigenvalue weighted by Gasteiger charge is -2.11. The molecule has 0 radical (unpaired) electrons. The summed E-state index contributed by atoms with van der Waals surface area (Å²) in [4.78, 5) is 14.5. The summed E-state index contributed by atoms with van der Waals surface area (Å²) in [6, 6.07) is 7.32. The standard InChI is InChI=1S/C19H25NO3S/c1-4-7-17-13(5-2)11-18(24-17)19(22)20-15-8-9-16(23-6-3)14(10-15)12-21/h8-11,21H,4-7,12H2,1-3H3,(H,20,22). The van der Waals surface area contributed by atoms with Crippen LogP contribution in [0.25, 0.3) is 0 Å². The highest BCUT2D eigenvalue weighted by Gasteiger charge is 2.14. The number of benzene rings is 1. The summed E-state index contributed by atoms with van der Waals surface area (Å²) in [6.45, 7) is 6.57. The summed E-state index contributed by atoms with van der Waals surface area (Å²) in [5.41, 5.74) is 2.59. The first-order chi connectivity index (χ1) is 11.6. The Morgan fingerprint density at radius 3 is 2.62 bits per heavy atom. The average molecular weight is 347 g/mol. The number of hydrogen-bond donors (Lipinski definition) is 2. The molecular weight excluding hydrogens is 322 g/mol. The number of ether oxygens (including phenoxy) is 1. The number of nitrogens with one attached hydrogen (secondary N) is 1. The highest BCUT2D eigenvalue weighted by Crippen LogP contribution is 2.27. The van der Waals surface area contributed by atoms with Crippen LogP contribution in [-0.4, -0.2) is 17.6 Å². The molecule has 0 fully saturated rings. The van der Waals surface area contributed by atoms with Gasteiger partial charge in [0.15, 0.2) is 0 Å². The van der Waals surface area contributed by atoms with Crippen LogP contribution >= 0.6 is 11.3 Å². The minimum Gasteiger partial charge on any atom is -0.494 e. The summed E-state index contributed by atoms with van der Waals surface area (Å²) in [5.74, 6) is 0.540. The van der Waals surface area contributed by atoms with E-state index in [4.69, 9.17) is 4.74 Å². The van der Waals surface area contributed by atoms with E-state index in [1.54, 1.807) is 29.5 Å². The van der Waals surface area contributed by atoms with Crippen LogP contribution in [0.5, 0.6) is 5.75 Å². The molecule has 4 nitrogen and oxygen atoms in total. The first-order valence-electron chi connectivity index (χ1n) is 8.42. The number of thiophene rings is 1. The Kier molecular flexibility index (Phi) is 6.82. The van der Waals surface area contributed by atoms with Crippen LogP contribution in [0.15, 0.2) is 24.3 Å². The molecule has 0 unspecified atom stereocenters. The van der Waals surface area contributed by atoms with Crippen molar-refractivity contribution in [3.05, 3.63) is 45.1 Å².